The normalized spacial score (nSPS) is 13.6. The average molecular weight is 452 g/mol. The molecule has 6 heteroatoms. The van der Waals surface area contributed by atoms with Crippen LogP contribution in [0.3, 0.4) is 0 Å². The van der Waals surface area contributed by atoms with Gasteiger partial charge in [0.2, 0.25) is 5.95 Å². The van der Waals surface area contributed by atoms with E-state index < -0.39 is 0 Å². The Labute approximate surface area is 200 Å². The van der Waals surface area contributed by atoms with E-state index in [4.69, 9.17) is 14.7 Å². The SMILES string of the molecule is C=C(Nc1c(C)cccc1C)c1ccc(Nc2nc(N3CCOCC3)c3ccccc3n2)cc1. The van der Waals surface area contributed by atoms with Gasteiger partial charge in [-0.25, -0.2) is 4.98 Å². The van der Waals surface area contributed by atoms with Gasteiger partial charge < -0.3 is 20.3 Å². The first kappa shape index (κ1) is 21.9. The fourth-order valence-electron chi connectivity index (χ4n) is 4.25. The Morgan fingerprint density at radius 1 is 0.882 bits per heavy atom. The Morgan fingerprint density at radius 3 is 2.32 bits per heavy atom. The molecule has 5 rings (SSSR count). The van der Waals surface area contributed by atoms with E-state index in [0.717, 1.165) is 52.4 Å². The third-order valence-corrected chi connectivity index (χ3v) is 6.14. The van der Waals surface area contributed by atoms with Crippen molar-refractivity contribution >= 4 is 39.7 Å². The molecule has 1 aromatic heterocycles. The summed E-state index contributed by atoms with van der Waals surface area (Å²) >= 11 is 0. The van der Waals surface area contributed by atoms with Gasteiger partial charge in [0.1, 0.15) is 5.82 Å². The Balaban J connectivity index is 1.36. The molecule has 34 heavy (non-hydrogen) atoms. The average Bonchev–Trinajstić information content (AvgIpc) is 2.87. The minimum Gasteiger partial charge on any atom is -0.378 e. The number of ether oxygens (including phenoxy) is 1. The van der Waals surface area contributed by atoms with Crippen LogP contribution in [-0.4, -0.2) is 36.3 Å². The van der Waals surface area contributed by atoms with Gasteiger partial charge in [0.15, 0.2) is 0 Å². The van der Waals surface area contributed by atoms with Crippen LogP contribution in [0.25, 0.3) is 16.6 Å². The summed E-state index contributed by atoms with van der Waals surface area (Å²) in [5.41, 5.74) is 7.24. The molecule has 0 amide bonds. The molecule has 0 atom stereocenters. The van der Waals surface area contributed by atoms with E-state index in [0.29, 0.717) is 19.2 Å². The summed E-state index contributed by atoms with van der Waals surface area (Å²) in [6.45, 7) is 11.5. The number of fused-ring (bicyclic) bond motifs is 1. The molecular weight excluding hydrogens is 422 g/mol. The second kappa shape index (κ2) is 9.53. The second-order valence-corrected chi connectivity index (χ2v) is 8.56. The van der Waals surface area contributed by atoms with Gasteiger partial charge in [0, 0.05) is 35.5 Å². The van der Waals surface area contributed by atoms with E-state index in [-0.39, 0.29) is 0 Å². The number of morpholine rings is 1. The highest BCUT2D eigenvalue weighted by Gasteiger charge is 2.17. The number of hydrogen-bond donors (Lipinski definition) is 2. The highest BCUT2D eigenvalue weighted by Crippen LogP contribution is 2.28. The van der Waals surface area contributed by atoms with Gasteiger partial charge >= 0.3 is 0 Å². The quantitative estimate of drug-likeness (QED) is 0.380. The molecule has 0 aliphatic carbocycles. The topological polar surface area (TPSA) is 62.3 Å². The number of aromatic nitrogens is 2. The van der Waals surface area contributed by atoms with Crippen LogP contribution in [-0.2, 0) is 4.74 Å². The van der Waals surface area contributed by atoms with Crippen LogP contribution in [0.5, 0.6) is 0 Å². The van der Waals surface area contributed by atoms with Crippen molar-refractivity contribution in [2.75, 3.05) is 41.8 Å². The number of hydrogen-bond acceptors (Lipinski definition) is 6. The Kier molecular flexibility index (Phi) is 6.14. The standard InChI is InChI=1S/C28H29N5O/c1-19-7-6-8-20(2)26(19)29-21(3)22-11-13-23(14-12-22)30-28-31-25-10-5-4-9-24(25)27(32-28)33-15-17-34-18-16-33/h4-14,29H,3,15-18H2,1-2H3,(H,30,31,32). The van der Waals surface area contributed by atoms with Crippen LogP contribution < -0.4 is 15.5 Å². The molecule has 2 heterocycles. The molecule has 2 N–H and O–H groups in total. The van der Waals surface area contributed by atoms with Gasteiger partial charge in [-0.15, -0.1) is 0 Å². The zero-order valence-electron chi connectivity index (χ0n) is 19.6. The van der Waals surface area contributed by atoms with Gasteiger partial charge in [0.05, 0.1) is 18.7 Å². The van der Waals surface area contributed by atoms with Gasteiger partial charge in [0.25, 0.3) is 0 Å². The maximum atomic E-state index is 5.53. The first-order chi connectivity index (χ1) is 16.6. The fraction of sp³-hybridized carbons (Fsp3) is 0.214. The number of anilines is 4. The predicted molar refractivity (Wildman–Crippen MR) is 141 cm³/mol. The molecule has 1 saturated heterocycles. The number of para-hydroxylation sites is 2. The minimum atomic E-state index is 0.584. The molecule has 0 saturated carbocycles. The van der Waals surface area contributed by atoms with E-state index in [2.05, 4.69) is 72.4 Å². The largest absolute Gasteiger partial charge is 0.378 e. The molecule has 1 aliphatic rings. The highest BCUT2D eigenvalue weighted by atomic mass is 16.5. The van der Waals surface area contributed by atoms with Crippen LogP contribution in [0.2, 0.25) is 0 Å². The van der Waals surface area contributed by atoms with Crippen LogP contribution in [0.15, 0.2) is 73.3 Å². The monoisotopic (exact) mass is 451 g/mol. The smallest absolute Gasteiger partial charge is 0.229 e. The first-order valence-electron chi connectivity index (χ1n) is 11.6. The molecule has 0 unspecified atom stereocenters. The van der Waals surface area contributed by atoms with E-state index in [1.807, 2.05) is 30.3 Å². The molecule has 6 nitrogen and oxygen atoms in total. The number of rotatable bonds is 6. The van der Waals surface area contributed by atoms with Crippen molar-refractivity contribution in [2.45, 2.75) is 13.8 Å². The molecular formula is C28H29N5O. The number of nitrogens with one attached hydrogen (secondary N) is 2. The van der Waals surface area contributed by atoms with Gasteiger partial charge in [-0.1, -0.05) is 49.0 Å². The van der Waals surface area contributed by atoms with Crippen LogP contribution in [0.4, 0.5) is 23.1 Å². The minimum absolute atomic E-state index is 0.584. The molecule has 4 aromatic rings. The first-order valence-corrected chi connectivity index (χ1v) is 11.6. The zero-order chi connectivity index (χ0) is 23.5. The number of aryl methyl sites for hydroxylation is 2. The third-order valence-electron chi connectivity index (χ3n) is 6.14. The third kappa shape index (κ3) is 4.58. The maximum Gasteiger partial charge on any atom is 0.229 e. The lowest BCUT2D eigenvalue weighted by molar-refractivity contribution is 0.122. The maximum absolute atomic E-state index is 5.53. The fourth-order valence-corrected chi connectivity index (χ4v) is 4.25. The molecule has 172 valence electrons. The lowest BCUT2D eigenvalue weighted by atomic mass is 10.1. The predicted octanol–water partition coefficient (Wildman–Crippen LogP) is 5.91. The summed E-state index contributed by atoms with van der Waals surface area (Å²) in [4.78, 5) is 11.9. The lowest BCUT2D eigenvalue weighted by Crippen LogP contribution is -2.37. The summed E-state index contributed by atoms with van der Waals surface area (Å²) in [6, 6.07) is 22.6. The highest BCUT2D eigenvalue weighted by molar-refractivity contribution is 5.91. The molecule has 0 bridgehead atoms. The number of benzene rings is 3. The summed E-state index contributed by atoms with van der Waals surface area (Å²) in [6.07, 6.45) is 0. The summed E-state index contributed by atoms with van der Waals surface area (Å²) in [5.74, 6) is 1.53. The van der Waals surface area contributed by atoms with E-state index in [1.54, 1.807) is 0 Å². The van der Waals surface area contributed by atoms with Crippen LogP contribution >= 0.6 is 0 Å². The summed E-state index contributed by atoms with van der Waals surface area (Å²) in [7, 11) is 0. The molecule has 1 fully saturated rings. The van der Waals surface area contributed by atoms with Crippen molar-refractivity contribution < 1.29 is 4.74 Å². The van der Waals surface area contributed by atoms with Crippen molar-refractivity contribution in [3.63, 3.8) is 0 Å². The second-order valence-electron chi connectivity index (χ2n) is 8.56. The molecule has 3 aromatic carbocycles. The van der Waals surface area contributed by atoms with Gasteiger partial charge in [-0.2, -0.15) is 4.98 Å². The van der Waals surface area contributed by atoms with E-state index >= 15 is 0 Å². The van der Waals surface area contributed by atoms with E-state index in [9.17, 15) is 0 Å². The lowest BCUT2D eigenvalue weighted by Gasteiger charge is -2.29. The van der Waals surface area contributed by atoms with Crippen molar-refractivity contribution in [1.82, 2.24) is 9.97 Å². The molecule has 1 aliphatic heterocycles. The van der Waals surface area contributed by atoms with Crippen LogP contribution in [0, 0.1) is 13.8 Å². The van der Waals surface area contributed by atoms with Crippen molar-refractivity contribution in [2.24, 2.45) is 0 Å². The molecule has 0 radical (unpaired) electrons. The van der Waals surface area contributed by atoms with Crippen molar-refractivity contribution in [1.29, 1.82) is 0 Å². The zero-order valence-corrected chi connectivity index (χ0v) is 19.6. The summed E-state index contributed by atoms with van der Waals surface area (Å²) in [5, 5.41) is 7.91. The van der Waals surface area contributed by atoms with Gasteiger partial charge in [-0.05, 0) is 54.8 Å². The van der Waals surface area contributed by atoms with E-state index in [1.165, 1.54) is 11.1 Å². The van der Waals surface area contributed by atoms with Crippen molar-refractivity contribution in [3.05, 3.63) is 90.0 Å². The Morgan fingerprint density at radius 2 is 1.59 bits per heavy atom. The summed E-state index contributed by atoms with van der Waals surface area (Å²) < 4.78 is 5.53. The number of nitrogens with zero attached hydrogens (tertiary/aromatic N) is 3. The van der Waals surface area contributed by atoms with Crippen LogP contribution in [0.1, 0.15) is 16.7 Å². The van der Waals surface area contributed by atoms with Gasteiger partial charge in [-0.3, -0.25) is 0 Å². The Bertz CT molecular complexity index is 1310. The van der Waals surface area contributed by atoms with Crippen molar-refractivity contribution in [3.8, 4) is 0 Å². The molecule has 0 spiro atoms. The Hall–Kier alpha value is -3.90.